The second-order valence-electron chi connectivity index (χ2n) is 5.09. The van der Waals surface area contributed by atoms with Gasteiger partial charge in [0.05, 0.1) is 7.11 Å². The van der Waals surface area contributed by atoms with Crippen molar-refractivity contribution in [3.8, 4) is 0 Å². The average molecular weight is 296 g/mol. The van der Waals surface area contributed by atoms with Crippen molar-refractivity contribution in [2.75, 3.05) is 12.4 Å². The maximum atomic E-state index is 12.0. The van der Waals surface area contributed by atoms with Crippen molar-refractivity contribution in [3.05, 3.63) is 53.4 Å². The summed E-state index contributed by atoms with van der Waals surface area (Å²) in [5, 5.41) is 3.22. The van der Waals surface area contributed by atoms with Crippen molar-refractivity contribution in [2.24, 2.45) is 0 Å². The van der Waals surface area contributed by atoms with E-state index in [9.17, 15) is 4.79 Å². The van der Waals surface area contributed by atoms with E-state index in [1.165, 1.54) is 7.11 Å². The maximum absolute atomic E-state index is 12.0. The second kappa shape index (κ2) is 5.52. The van der Waals surface area contributed by atoms with Crippen molar-refractivity contribution in [1.29, 1.82) is 0 Å². The lowest BCUT2D eigenvalue weighted by Crippen LogP contribution is -2.03. The van der Waals surface area contributed by atoms with Crippen molar-refractivity contribution in [2.45, 2.75) is 13.8 Å². The standard InChI is InChI=1S/C17H16N2O3/c1-10-5-4-6-12(9-10)19-15-14-13(8-7-11(2)18-14)22-16(15)17(20)21-3/h4-9,19H,1-3H3. The van der Waals surface area contributed by atoms with Gasteiger partial charge in [0, 0.05) is 11.4 Å². The number of carbonyl (C=O) groups is 1. The van der Waals surface area contributed by atoms with E-state index in [4.69, 9.17) is 9.15 Å². The zero-order valence-corrected chi connectivity index (χ0v) is 12.6. The molecule has 0 saturated carbocycles. The van der Waals surface area contributed by atoms with Gasteiger partial charge in [0.25, 0.3) is 0 Å². The van der Waals surface area contributed by atoms with Crippen molar-refractivity contribution in [1.82, 2.24) is 4.98 Å². The number of ether oxygens (including phenoxy) is 1. The first-order valence-corrected chi connectivity index (χ1v) is 6.90. The molecule has 22 heavy (non-hydrogen) atoms. The molecule has 3 rings (SSSR count). The van der Waals surface area contributed by atoms with Crippen LogP contribution in [0.25, 0.3) is 11.1 Å². The molecule has 0 saturated heterocycles. The number of hydrogen-bond donors (Lipinski definition) is 1. The Bertz CT molecular complexity index is 852. The highest BCUT2D eigenvalue weighted by Crippen LogP contribution is 2.32. The topological polar surface area (TPSA) is 64.4 Å². The van der Waals surface area contributed by atoms with E-state index in [2.05, 4.69) is 10.3 Å². The Morgan fingerprint density at radius 1 is 1.23 bits per heavy atom. The molecule has 0 fully saturated rings. The Kier molecular flexibility index (Phi) is 3.55. The average Bonchev–Trinajstić information content (AvgIpc) is 2.85. The predicted octanol–water partition coefficient (Wildman–Crippen LogP) is 3.97. The number of aryl methyl sites for hydroxylation is 2. The number of pyridine rings is 1. The van der Waals surface area contributed by atoms with Crippen LogP contribution in [0.2, 0.25) is 0 Å². The number of aromatic nitrogens is 1. The quantitative estimate of drug-likeness (QED) is 0.741. The summed E-state index contributed by atoms with van der Waals surface area (Å²) in [6.45, 7) is 3.89. The van der Waals surface area contributed by atoms with Gasteiger partial charge in [-0.05, 0) is 43.7 Å². The van der Waals surface area contributed by atoms with Crippen LogP contribution in [0, 0.1) is 13.8 Å². The number of fused-ring (bicyclic) bond motifs is 1. The summed E-state index contributed by atoms with van der Waals surface area (Å²) in [6.07, 6.45) is 0. The zero-order chi connectivity index (χ0) is 15.7. The molecular formula is C17H16N2O3. The van der Waals surface area contributed by atoms with Crippen LogP contribution < -0.4 is 5.32 Å². The van der Waals surface area contributed by atoms with E-state index in [1.807, 2.05) is 44.2 Å². The van der Waals surface area contributed by atoms with Gasteiger partial charge in [-0.25, -0.2) is 9.78 Å². The summed E-state index contributed by atoms with van der Waals surface area (Å²) >= 11 is 0. The SMILES string of the molecule is COC(=O)c1oc2ccc(C)nc2c1Nc1cccc(C)c1. The molecule has 2 aromatic heterocycles. The van der Waals surface area contributed by atoms with E-state index >= 15 is 0 Å². The van der Waals surface area contributed by atoms with Crippen molar-refractivity contribution in [3.63, 3.8) is 0 Å². The van der Waals surface area contributed by atoms with Crippen LogP contribution in [-0.2, 0) is 4.74 Å². The van der Waals surface area contributed by atoms with Crippen LogP contribution in [0.15, 0.2) is 40.8 Å². The zero-order valence-electron chi connectivity index (χ0n) is 12.6. The Hall–Kier alpha value is -2.82. The molecule has 0 radical (unpaired) electrons. The van der Waals surface area contributed by atoms with E-state index in [0.717, 1.165) is 16.9 Å². The summed E-state index contributed by atoms with van der Waals surface area (Å²) in [5.74, 6) is -0.414. The van der Waals surface area contributed by atoms with Crippen LogP contribution in [0.4, 0.5) is 11.4 Å². The summed E-state index contributed by atoms with van der Waals surface area (Å²) in [6, 6.07) is 11.5. The van der Waals surface area contributed by atoms with Gasteiger partial charge in [0.15, 0.2) is 5.58 Å². The number of methoxy groups -OCH3 is 1. The summed E-state index contributed by atoms with van der Waals surface area (Å²) in [5.41, 5.74) is 4.49. The molecule has 0 aliphatic heterocycles. The number of benzene rings is 1. The monoisotopic (exact) mass is 296 g/mol. The van der Waals surface area contributed by atoms with E-state index in [1.54, 1.807) is 6.07 Å². The third-order valence-corrected chi connectivity index (χ3v) is 3.33. The van der Waals surface area contributed by atoms with Gasteiger partial charge < -0.3 is 14.5 Å². The number of esters is 1. The minimum atomic E-state index is -0.536. The molecule has 5 heteroatoms. The number of furan rings is 1. The van der Waals surface area contributed by atoms with Crippen LogP contribution in [0.1, 0.15) is 21.8 Å². The predicted molar refractivity (Wildman–Crippen MR) is 84.5 cm³/mol. The van der Waals surface area contributed by atoms with Gasteiger partial charge in [-0.1, -0.05) is 12.1 Å². The van der Waals surface area contributed by atoms with Gasteiger partial charge in [-0.3, -0.25) is 0 Å². The van der Waals surface area contributed by atoms with Gasteiger partial charge in [0.1, 0.15) is 11.2 Å². The fraction of sp³-hybridized carbons (Fsp3) is 0.176. The number of nitrogens with one attached hydrogen (secondary N) is 1. The smallest absolute Gasteiger partial charge is 0.376 e. The first kappa shape index (κ1) is 14.1. The summed E-state index contributed by atoms with van der Waals surface area (Å²) in [4.78, 5) is 16.4. The third kappa shape index (κ3) is 2.53. The largest absolute Gasteiger partial charge is 0.463 e. The molecule has 3 aromatic rings. The molecule has 0 atom stereocenters. The van der Waals surface area contributed by atoms with Crippen molar-refractivity contribution < 1.29 is 13.9 Å². The molecule has 1 N–H and O–H groups in total. The molecule has 0 bridgehead atoms. The van der Waals surface area contributed by atoms with Crippen LogP contribution >= 0.6 is 0 Å². The van der Waals surface area contributed by atoms with Gasteiger partial charge in [-0.2, -0.15) is 0 Å². The first-order chi connectivity index (χ1) is 10.6. The molecule has 2 heterocycles. The molecule has 0 amide bonds. The van der Waals surface area contributed by atoms with Crippen molar-refractivity contribution >= 4 is 28.4 Å². The minimum absolute atomic E-state index is 0.122. The molecule has 0 aliphatic rings. The molecular weight excluding hydrogens is 280 g/mol. The lowest BCUT2D eigenvalue weighted by molar-refractivity contribution is 0.0569. The van der Waals surface area contributed by atoms with Crippen LogP contribution in [0.3, 0.4) is 0 Å². The lowest BCUT2D eigenvalue weighted by Gasteiger charge is -2.07. The molecule has 0 aliphatic carbocycles. The summed E-state index contributed by atoms with van der Waals surface area (Å²) < 4.78 is 10.4. The maximum Gasteiger partial charge on any atom is 0.376 e. The van der Waals surface area contributed by atoms with Crippen LogP contribution in [0.5, 0.6) is 0 Å². The molecule has 1 aromatic carbocycles. The Morgan fingerprint density at radius 3 is 2.77 bits per heavy atom. The fourth-order valence-electron chi connectivity index (χ4n) is 2.29. The highest BCUT2D eigenvalue weighted by molar-refractivity contribution is 6.03. The molecule has 0 unspecified atom stereocenters. The number of rotatable bonds is 3. The van der Waals surface area contributed by atoms with Gasteiger partial charge in [-0.15, -0.1) is 0 Å². The molecule has 112 valence electrons. The van der Waals surface area contributed by atoms with E-state index in [-0.39, 0.29) is 5.76 Å². The Balaban J connectivity index is 2.16. The highest BCUT2D eigenvalue weighted by atomic mass is 16.5. The Morgan fingerprint density at radius 2 is 2.05 bits per heavy atom. The second-order valence-corrected chi connectivity index (χ2v) is 5.09. The number of hydrogen-bond acceptors (Lipinski definition) is 5. The fourth-order valence-corrected chi connectivity index (χ4v) is 2.29. The normalized spacial score (nSPS) is 10.7. The van der Waals surface area contributed by atoms with Gasteiger partial charge >= 0.3 is 5.97 Å². The van der Waals surface area contributed by atoms with Gasteiger partial charge in [0.2, 0.25) is 5.76 Å². The van der Waals surface area contributed by atoms with Crippen LogP contribution in [-0.4, -0.2) is 18.1 Å². The Labute approximate surface area is 127 Å². The molecule has 5 nitrogen and oxygen atoms in total. The highest BCUT2D eigenvalue weighted by Gasteiger charge is 2.22. The third-order valence-electron chi connectivity index (χ3n) is 3.33. The first-order valence-electron chi connectivity index (χ1n) is 6.90. The number of anilines is 2. The number of nitrogens with zero attached hydrogens (tertiary/aromatic N) is 1. The minimum Gasteiger partial charge on any atom is -0.463 e. The summed E-state index contributed by atoms with van der Waals surface area (Å²) in [7, 11) is 1.32. The molecule has 0 spiro atoms. The number of carbonyl (C=O) groups excluding carboxylic acids is 1. The lowest BCUT2D eigenvalue weighted by atomic mass is 10.2. The van der Waals surface area contributed by atoms with E-state index < -0.39 is 5.97 Å². The van der Waals surface area contributed by atoms with E-state index in [0.29, 0.717) is 16.8 Å².